The van der Waals surface area contributed by atoms with Crippen LogP contribution >= 0.6 is 0 Å². The van der Waals surface area contributed by atoms with Crippen LogP contribution in [0, 0.1) is 11.7 Å². The first-order valence-electron chi connectivity index (χ1n) is 7.87. The maximum Gasteiger partial charge on any atom is 0.271 e. The van der Waals surface area contributed by atoms with Crippen molar-refractivity contribution in [3.8, 4) is 5.69 Å². The van der Waals surface area contributed by atoms with Crippen LogP contribution in [0.4, 0.5) is 4.39 Å². The second kappa shape index (κ2) is 6.92. The molecule has 3 rings (SSSR count). The van der Waals surface area contributed by atoms with E-state index < -0.39 is 17.3 Å². The highest BCUT2D eigenvalue weighted by Crippen LogP contribution is 2.24. The fourth-order valence-corrected chi connectivity index (χ4v) is 2.87. The van der Waals surface area contributed by atoms with Crippen molar-refractivity contribution in [3.63, 3.8) is 0 Å². The molecule has 2 N–H and O–H groups in total. The van der Waals surface area contributed by atoms with E-state index in [-0.39, 0.29) is 17.7 Å². The highest BCUT2D eigenvalue weighted by atomic mass is 19.1. The van der Waals surface area contributed by atoms with Gasteiger partial charge in [0.05, 0.1) is 11.8 Å². The second-order valence-electron chi connectivity index (χ2n) is 5.91. The largest absolute Gasteiger partial charge is 0.393 e. The van der Waals surface area contributed by atoms with E-state index in [4.69, 9.17) is 0 Å². The minimum absolute atomic E-state index is 0.0527. The minimum Gasteiger partial charge on any atom is -0.393 e. The number of benzene rings is 1. The zero-order valence-electron chi connectivity index (χ0n) is 13.0. The normalized spacial score (nSPS) is 20.1. The van der Waals surface area contributed by atoms with Gasteiger partial charge in [0.15, 0.2) is 0 Å². The molecule has 0 bridgehead atoms. The monoisotopic (exact) mass is 331 g/mol. The number of aliphatic hydroxyl groups is 1. The van der Waals surface area contributed by atoms with Crippen molar-refractivity contribution in [3.05, 3.63) is 58.3 Å². The first-order valence-corrected chi connectivity index (χ1v) is 7.87. The van der Waals surface area contributed by atoms with Crippen LogP contribution in [-0.4, -0.2) is 33.4 Å². The Labute approximate surface area is 137 Å². The molecule has 126 valence electrons. The number of hydrogen-bond acceptors (Lipinski definition) is 4. The van der Waals surface area contributed by atoms with Gasteiger partial charge in [-0.3, -0.25) is 9.59 Å². The fourth-order valence-electron chi connectivity index (χ4n) is 2.87. The molecule has 6 nitrogen and oxygen atoms in total. The van der Waals surface area contributed by atoms with Crippen LogP contribution in [0.3, 0.4) is 0 Å². The van der Waals surface area contributed by atoms with Crippen LogP contribution in [0.1, 0.15) is 29.8 Å². The molecule has 1 heterocycles. The summed E-state index contributed by atoms with van der Waals surface area (Å²) in [4.78, 5) is 24.2. The molecule has 24 heavy (non-hydrogen) atoms. The number of nitrogens with zero attached hydrogens (tertiary/aromatic N) is 2. The molecule has 2 atom stereocenters. The number of aliphatic hydroxyl groups excluding tert-OH is 1. The molecule has 1 aromatic heterocycles. The average molecular weight is 331 g/mol. The fraction of sp³-hybridized carbons (Fsp3) is 0.353. The quantitative estimate of drug-likeness (QED) is 0.883. The SMILES string of the molecule is O=C(NCC1CCCC1O)c1ccc(=O)n(-c2ccc(F)cc2)n1. The Morgan fingerprint density at radius 2 is 2.00 bits per heavy atom. The molecule has 1 aromatic carbocycles. The Bertz CT molecular complexity index is 788. The maximum atomic E-state index is 13.0. The molecular formula is C17H18FN3O3. The predicted molar refractivity (Wildman–Crippen MR) is 85.5 cm³/mol. The van der Waals surface area contributed by atoms with Gasteiger partial charge < -0.3 is 10.4 Å². The molecule has 1 aliphatic carbocycles. The lowest BCUT2D eigenvalue weighted by Crippen LogP contribution is -2.34. The Balaban J connectivity index is 1.76. The summed E-state index contributed by atoms with van der Waals surface area (Å²) in [5, 5.41) is 16.6. The van der Waals surface area contributed by atoms with Gasteiger partial charge in [0.25, 0.3) is 11.5 Å². The molecule has 1 amide bonds. The van der Waals surface area contributed by atoms with E-state index in [2.05, 4.69) is 10.4 Å². The van der Waals surface area contributed by atoms with Gasteiger partial charge in [0.2, 0.25) is 0 Å². The number of carbonyl (C=O) groups is 1. The molecular weight excluding hydrogens is 313 g/mol. The molecule has 7 heteroatoms. The summed E-state index contributed by atoms with van der Waals surface area (Å²) < 4.78 is 14.1. The Morgan fingerprint density at radius 1 is 1.25 bits per heavy atom. The number of hydrogen-bond donors (Lipinski definition) is 2. The van der Waals surface area contributed by atoms with Gasteiger partial charge in [-0.05, 0) is 43.2 Å². The van der Waals surface area contributed by atoms with Crippen LogP contribution in [0.15, 0.2) is 41.2 Å². The summed E-state index contributed by atoms with van der Waals surface area (Å²) in [6.45, 7) is 0.372. The minimum atomic E-state index is -0.421. The lowest BCUT2D eigenvalue weighted by atomic mass is 10.1. The molecule has 0 spiro atoms. The Kier molecular flexibility index (Phi) is 4.71. The van der Waals surface area contributed by atoms with E-state index in [1.54, 1.807) is 0 Å². The van der Waals surface area contributed by atoms with Gasteiger partial charge in [-0.15, -0.1) is 0 Å². The smallest absolute Gasteiger partial charge is 0.271 e. The molecule has 0 saturated heterocycles. The number of halogens is 1. The molecule has 0 radical (unpaired) electrons. The van der Waals surface area contributed by atoms with Crippen LogP contribution in [0.25, 0.3) is 5.69 Å². The summed E-state index contributed by atoms with van der Waals surface area (Å²) in [5.74, 6) is -0.780. The van der Waals surface area contributed by atoms with Gasteiger partial charge in [-0.25, -0.2) is 4.39 Å². The van der Waals surface area contributed by atoms with Crippen LogP contribution < -0.4 is 10.9 Å². The van der Waals surface area contributed by atoms with Crippen molar-refractivity contribution in [2.24, 2.45) is 5.92 Å². The van der Waals surface area contributed by atoms with Gasteiger partial charge in [0, 0.05) is 18.5 Å². The standard InChI is InChI=1S/C17H18FN3O3/c18-12-4-6-13(7-5-12)21-16(23)9-8-14(20-21)17(24)19-10-11-2-1-3-15(11)22/h4-9,11,15,22H,1-3,10H2,(H,19,24). The summed E-state index contributed by atoms with van der Waals surface area (Å²) in [5.41, 5.74) is 0.0538. The first-order chi connectivity index (χ1) is 11.5. The molecule has 1 saturated carbocycles. The van der Waals surface area contributed by atoms with Gasteiger partial charge in [-0.1, -0.05) is 6.42 Å². The van der Waals surface area contributed by atoms with Gasteiger partial charge in [-0.2, -0.15) is 9.78 Å². The third-order valence-electron chi connectivity index (χ3n) is 4.25. The number of amides is 1. The summed E-state index contributed by atoms with van der Waals surface area (Å²) in [6.07, 6.45) is 2.21. The Hall–Kier alpha value is -2.54. The van der Waals surface area contributed by atoms with E-state index in [0.29, 0.717) is 12.2 Å². The average Bonchev–Trinajstić information content (AvgIpc) is 2.99. The lowest BCUT2D eigenvalue weighted by Gasteiger charge is -2.15. The first kappa shape index (κ1) is 16.3. The second-order valence-corrected chi connectivity index (χ2v) is 5.91. The molecule has 1 fully saturated rings. The zero-order valence-corrected chi connectivity index (χ0v) is 13.0. The van der Waals surface area contributed by atoms with E-state index in [0.717, 1.165) is 23.9 Å². The van der Waals surface area contributed by atoms with Gasteiger partial charge in [0.1, 0.15) is 11.5 Å². The molecule has 0 aliphatic heterocycles. The number of nitrogens with one attached hydrogen (secondary N) is 1. The van der Waals surface area contributed by atoms with Crippen molar-refractivity contribution in [1.29, 1.82) is 0 Å². The molecule has 2 unspecified atom stereocenters. The van der Waals surface area contributed by atoms with Crippen LogP contribution in [0.5, 0.6) is 0 Å². The molecule has 2 aromatic rings. The highest BCUT2D eigenvalue weighted by molar-refractivity contribution is 5.92. The van der Waals surface area contributed by atoms with Gasteiger partial charge >= 0.3 is 0 Å². The predicted octanol–water partition coefficient (Wildman–Crippen LogP) is 1.26. The number of aromatic nitrogens is 2. The van der Waals surface area contributed by atoms with Crippen molar-refractivity contribution in [2.75, 3.05) is 6.54 Å². The van der Waals surface area contributed by atoms with E-state index in [1.165, 1.54) is 36.4 Å². The van der Waals surface area contributed by atoms with E-state index in [1.807, 2.05) is 0 Å². The topological polar surface area (TPSA) is 84.2 Å². The highest BCUT2D eigenvalue weighted by Gasteiger charge is 2.25. The van der Waals surface area contributed by atoms with Crippen molar-refractivity contribution in [2.45, 2.75) is 25.4 Å². The number of rotatable bonds is 4. The van der Waals surface area contributed by atoms with Crippen molar-refractivity contribution < 1.29 is 14.3 Å². The summed E-state index contributed by atoms with van der Waals surface area (Å²) in [7, 11) is 0. The lowest BCUT2D eigenvalue weighted by molar-refractivity contribution is 0.0910. The molecule has 1 aliphatic rings. The van der Waals surface area contributed by atoms with E-state index in [9.17, 15) is 19.1 Å². The third kappa shape index (κ3) is 3.51. The van der Waals surface area contributed by atoms with Crippen LogP contribution in [0.2, 0.25) is 0 Å². The number of carbonyl (C=O) groups excluding carboxylic acids is 1. The third-order valence-corrected chi connectivity index (χ3v) is 4.25. The Morgan fingerprint density at radius 3 is 2.67 bits per heavy atom. The van der Waals surface area contributed by atoms with Crippen molar-refractivity contribution >= 4 is 5.91 Å². The maximum absolute atomic E-state index is 13.0. The van der Waals surface area contributed by atoms with Crippen LogP contribution in [-0.2, 0) is 0 Å². The summed E-state index contributed by atoms with van der Waals surface area (Å²) >= 11 is 0. The van der Waals surface area contributed by atoms with E-state index >= 15 is 0 Å². The summed E-state index contributed by atoms with van der Waals surface area (Å²) in [6, 6.07) is 7.87. The van der Waals surface area contributed by atoms with Crippen molar-refractivity contribution in [1.82, 2.24) is 15.1 Å². The zero-order chi connectivity index (χ0) is 17.1.